The number of rotatable bonds is 1. The fourth-order valence-corrected chi connectivity index (χ4v) is 2.30. The molecule has 3 heteroatoms. The maximum Gasteiger partial charge on any atom is 0.123 e. The second-order valence-electron chi connectivity index (χ2n) is 4.48. The molecule has 0 aliphatic heterocycles. The molecule has 1 aromatic carbocycles. The van der Waals surface area contributed by atoms with E-state index in [-0.39, 0.29) is 11.9 Å². The van der Waals surface area contributed by atoms with Gasteiger partial charge >= 0.3 is 0 Å². The van der Waals surface area contributed by atoms with Gasteiger partial charge in [0.05, 0.1) is 5.69 Å². The highest BCUT2D eigenvalue weighted by molar-refractivity contribution is 5.60. The molecule has 1 aliphatic carbocycles. The molecule has 1 unspecified atom stereocenters. The quantitative estimate of drug-likeness (QED) is 0.813. The Labute approximate surface area is 99.3 Å². The van der Waals surface area contributed by atoms with Crippen LogP contribution in [0.4, 0.5) is 4.39 Å². The van der Waals surface area contributed by atoms with Gasteiger partial charge in [-0.05, 0) is 30.2 Å². The van der Waals surface area contributed by atoms with Crippen molar-refractivity contribution < 1.29 is 4.39 Å². The van der Waals surface area contributed by atoms with E-state index in [1.807, 2.05) is 12.1 Å². The Hall–Kier alpha value is -1.74. The van der Waals surface area contributed by atoms with Gasteiger partial charge in [-0.1, -0.05) is 18.2 Å². The van der Waals surface area contributed by atoms with E-state index in [1.54, 1.807) is 6.07 Å². The number of hydrogen-bond acceptors (Lipinski definition) is 2. The SMILES string of the molecule is NC1Cc2ccc(-c3cccc(F)c3)nc2C1. The molecule has 0 bridgehead atoms. The van der Waals surface area contributed by atoms with Gasteiger partial charge in [0.2, 0.25) is 0 Å². The first-order valence-electron chi connectivity index (χ1n) is 5.73. The lowest BCUT2D eigenvalue weighted by atomic mass is 10.1. The van der Waals surface area contributed by atoms with Gasteiger partial charge in [0, 0.05) is 23.7 Å². The second kappa shape index (κ2) is 3.93. The fraction of sp³-hybridized carbons (Fsp3) is 0.214. The van der Waals surface area contributed by atoms with Gasteiger partial charge in [-0.25, -0.2) is 4.39 Å². The molecular formula is C14H13FN2. The maximum atomic E-state index is 13.1. The number of halogens is 1. The molecule has 0 saturated heterocycles. The number of fused-ring (bicyclic) bond motifs is 1. The van der Waals surface area contributed by atoms with Crippen molar-refractivity contribution in [3.05, 3.63) is 53.5 Å². The van der Waals surface area contributed by atoms with Crippen molar-refractivity contribution in [1.82, 2.24) is 4.98 Å². The van der Waals surface area contributed by atoms with Crippen LogP contribution >= 0.6 is 0 Å². The number of nitrogens with two attached hydrogens (primary N) is 1. The van der Waals surface area contributed by atoms with Gasteiger partial charge in [-0.15, -0.1) is 0 Å². The van der Waals surface area contributed by atoms with Crippen molar-refractivity contribution in [2.75, 3.05) is 0 Å². The van der Waals surface area contributed by atoms with E-state index in [2.05, 4.69) is 11.1 Å². The van der Waals surface area contributed by atoms with Crippen LogP contribution in [-0.2, 0) is 12.8 Å². The van der Waals surface area contributed by atoms with Crippen LogP contribution in [0.3, 0.4) is 0 Å². The summed E-state index contributed by atoms with van der Waals surface area (Å²) in [6, 6.07) is 10.7. The van der Waals surface area contributed by atoms with E-state index < -0.39 is 0 Å². The fourth-order valence-electron chi connectivity index (χ4n) is 2.30. The van der Waals surface area contributed by atoms with Gasteiger partial charge in [-0.3, -0.25) is 4.98 Å². The van der Waals surface area contributed by atoms with Crippen LogP contribution < -0.4 is 5.73 Å². The van der Waals surface area contributed by atoms with E-state index in [0.29, 0.717) is 0 Å². The smallest absolute Gasteiger partial charge is 0.123 e. The van der Waals surface area contributed by atoms with E-state index in [0.717, 1.165) is 29.8 Å². The topological polar surface area (TPSA) is 38.9 Å². The Morgan fingerprint density at radius 2 is 2.06 bits per heavy atom. The first-order chi connectivity index (χ1) is 8.22. The lowest BCUT2D eigenvalue weighted by Crippen LogP contribution is -2.19. The Kier molecular flexibility index (Phi) is 2.41. The normalized spacial score (nSPS) is 18.1. The molecule has 0 amide bonds. The van der Waals surface area contributed by atoms with Gasteiger partial charge in [-0.2, -0.15) is 0 Å². The zero-order valence-electron chi connectivity index (χ0n) is 9.36. The van der Waals surface area contributed by atoms with Crippen molar-refractivity contribution in [2.45, 2.75) is 18.9 Å². The van der Waals surface area contributed by atoms with Crippen LogP contribution in [-0.4, -0.2) is 11.0 Å². The highest BCUT2D eigenvalue weighted by Gasteiger charge is 2.19. The molecule has 1 heterocycles. The van der Waals surface area contributed by atoms with Gasteiger partial charge < -0.3 is 5.73 Å². The molecule has 0 saturated carbocycles. The Balaban J connectivity index is 2.03. The molecule has 0 spiro atoms. The van der Waals surface area contributed by atoms with E-state index in [9.17, 15) is 4.39 Å². The summed E-state index contributed by atoms with van der Waals surface area (Å²) in [5.41, 5.74) is 9.80. The van der Waals surface area contributed by atoms with Crippen molar-refractivity contribution in [2.24, 2.45) is 5.73 Å². The average Bonchev–Trinajstić information content (AvgIpc) is 2.68. The minimum atomic E-state index is -0.235. The van der Waals surface area contributed by atoms with Crippen LogP contribution in [0.2, 0.25) is 0 Å². The standard InChI is InChI=1S/C14H13FN2/c15-11-3-1-2-9(6-11)13-5-4-10-7-12(16)8-14(10)17-13/h1-6,12H,7-8,16H2. The summed E-state index contributed by atoms with van der Waals surface area (Å²) in [6.45, 7) is 0. The average molecular weight is 228 g/mol. The van der Waals surface area contributed by atoms with Crippen LogP contribution in [0.25, 0.3) is 11.3 Å². The number of nitrogens with zero attached hydrogens (tertiary/aromatic N) is 1. The van der Waals surface area contributed by atoms with E-state index in [1.165, 1.54) is 17.7 Å². The monoisotopic (exact) mass is 228 g/mol. The van der Waals surface area contributed by atoms with Crippen molar-refractivity contribution in [3.8, 4) is 11.3 Å². The summed E-state index contributed by atoms with van der Waals surface area (Å²) in [4.78, 5) is 4.57. The number of benzene rings is 1. The molecule has 86 valence electrons. The van der Waals surface area contributed by atoms with Crippen LogP contribution in [0, 0.1) is 5.82 Å². The summed E-state index contributed by atoms with van der Waals surface area (Å²) < 4.78 is 13.1. The van der Waals surface area contributed by atoms with Crippen molar-refractivity contribution in [3.63, 3.8) is 0 Å². The highest BCUT2D eigenvalue weighted by atomic mass is 19.1. The summed E-state index contributed by atoms with van der Waals surface area (Å²) in [7, 11) is 0. The number of aromatic nitrogens is 1. The molecule has 1 aliphatic rings. The van der Waals surface area contributed by atoms with Gasteiger partial charge in [0.15, 0.2) is 0 Å². The minimum absolute atomic E-state index is 0.181. The van der Waals surface area contributed by atoms with Crippen LogP contribution in [0.15, 0.2) is 36.4 Å². The zero-order valence-corrected chi connectivity index (χ0v) is 9.36. The van der Waals surface area contributed by atoms with Crippen molar-refractivity contribution in [1.29, 1.82) is 0 Å². The van der Waals surface area contributed by atoms with Gasteiger partial charge in [0.25, 0.3) is 0 Å². The molecule has 1 aromatic heterocycles. The van der Waals surface area contributed by atoms with E-state index in [4.69, 9.17) is 5.73 Å². The molecule has 0 radical (unpaired) electrons. The van der Waals surface area contributed by atoms with Gasteiger partial charge in [0.1, 0.15) is 5.82 Å². The lowest BCUT2D eigenvalue weighted by molar-refractivity contribution is 0.628. The third-order valence-electron chi connectivity index (χ3n) is 3.13. The summed E-state index contributed by atoms with van der Waals surface area (Å²) >= 11 is 0. The lowest BCUT2D eigenvalue weighted by Gasteiger charge is -2.04. The summed E-state index contributed by atoms with van der Waals surface area (Å²) in [6.07, 6.45) is 1.71. The van der Waals surface area contributed by atoms with Crippen LogP contribution in [0.1, 0.15) is 11.3 Å². The van der Waals surface area contributed by atoms with Crippen molar-refractivity contribution >= 4 is 0 Å². The molecule has 3 rings (SSSR count). The number of pyridine rings is 1. The number of hydrogen-bond donors (Lipinski definition) is 1. The molecule has 2 nitrogen and oxygen atoms in total. The third-order valence-corrected chi connectivity index (χ3v) is 3.13. The maximum absolute atomic E-state index is 13.1. The Morgan fingerprint density at radius 1 is 1.18 bits per heavy atom. The van der Waals surface area contributed by atoms with Crippen LogP contribution in [0.5, 0.6) is 0 Å². The molecule has 2 N–H and O–H groups in total. The minimum Gasteiger partial charge on any atom is -0.327 e. The van der Waals surface area contributed by atoms with E-state index >= 15 is 0 Å². The Morgan fingerprint density at radius 3 is 2.88 bits per heavy atom. The largest absolute Gasteiger partial charge is 0.327 e. The first-order valence-corrected chi connectivity index (χ1v) is 5.73. The summed E-state index contributed by atoms with van der Waals surface area (Å²) in [5.74, 6) is -0.235. The molecule has 1 atom stereocenters. The Bertz CT molecular complexity index is 566. The predicted molar refractivity (Wildman–Crippen MR) is 65.0 cm³/mol. The third kappa shape index (κ3) is 1.94. The highest BCUT2D eigenvalue weighted by Crippen LogP contribution is 2.24. The second-order valence-corrected chi connectivity index (χ2v) is 4.48. The molecule has 0 fully saturated rings. The first kappa shape index (κ1) is 10.4. The predicted octanol–water partition coefficient (Wildman–Crippen LogP) is 2.31. The zero-order chi connectivity index (χ0) is 11.8. The molecular weight excluding hydrogens is 215 g/mol. The molecule has 2 aromatic rings. The summed E-state index contributed by atoms with van der Waals surface area (Å²) in [5, 5.41) is 0. The molecule has 17 heavy (non-hydrogen) atoms.